The van der Waals surface area contributed by atoms with E-state index >= 15 is 0 Å². The first-order valence-corrected chi connectivity index (χ1v) is 10.3. The maximum absolute atomic E-state index is 12.9. The second kappa shape index (κ2) is 7.84. The Morgan fingerprint density at radius 3 is 2.88 bits per heavy atom. The van der Waals surface area contributed by atoms with Crippen molar-refractivity contribution >= 4 is 50.4 Å². The maximum atomic E-state index is 12.9. The van der Waals surface area contributed by atoms with Crippen molar-refractivity contribution in [2.24, 2.45) is 5.92 Å². The molecular weight excluding hydrogens is 418 g/mol. The predicted molar refractivity (Wildman–Crippen MR) is 107 cm³/mol. The molecule has 26 heavy (non-hydrogen) atoms. The molecule has 0 radical (unpaired) electrons. The van der Waals surface area contributed by atoms with E-state index in [4.69, 9.17) is 0 Å². The fourth-order valence-corrected chi connectivity index (χ4v) is 4.29. The molecular formula is C18H20BrN3O3S. The van der Waals surface area contributed by atoms with E-state index in [9.17, 15) is 14.4 Å². The number of benzene rings is 1. The number of rotatable bonds is 4. The number of aromatic nitrogens is 1. The average molecular weight is 438 g/mol. The number of hydrogen-bond acceptors (Lipinski definition) is 4. The summed E-state index contributed by atoms with van der Waals surface area (Å²) in [4.78, 5) is 42.3. The summed E-state index contributed by atoms with van der Waals surface area (Å²) in [7, 11) is 0. The van der Waals surface area contributed by atoms with Gasteiger partial charge in [0, 0.05) is 33.7 Å². The van der Waals surface area contributed by atoms with Crippen LogP contribution < -0.4 is 10.7 Å². The Morgan fingerprint density at radius 2 is 2.15 bits per heavy atom. The zero-order valence-corrected chi connectivity index (χ0v) is 16.9. The van der Waals surface area contributed by atoms with Gasteiger partial charge < -0.3 is 15.2 Å². The zero-order chi connectivity index (χ0) is 18.8. The number of amides is 2. The predicted octanol–water partition coefficient (Wildman–Crippen LogP) is 2.58. The maximum Gasteiger partial charge on any atom is 0.271 e. The molecule has 1 aliphatic heterocycles. The van der Waals surface area contributed by atoms with Crippen LogP contribution in [0.25, 0.3) is 10.9 Å². The number of aromatic amines is 1. The largest absolute Gasteiger partial charge is 0.354 e. The van der Waals surface area contributed by atoms with Crippen molar-refractivity contribution in [1.82, 2.24) is 15.2 Å². The molecule has 1 aromatic heterocycles. The Labute approximate surface area is 163 Å². The van der Waals surface area contributed by atoms with Crippen molar-refractivity contribution in [3.05, 3.63) is 44.7 Å². The number of pyridine rings is 1. The summed E-state index contributed by atoms with van der Waals surface area (Å²) < 4.78 is 0.799. The lowest BCUT2D eigenvalue weighted by Crippen LogP contribution is -2.48. The highest BCUT2D eigenvalue weighted by molar-refractivity contribution is 9.10. The number of thioether (sulfide) groups is 1. The van der Waals surface area contributed by atoms with E-state index in [1.807, 2.05) is 13.8 Å². The number of H-pyrrole nitrogens is 1. The molecule has 138 valence electrons. The summed E-state index contributed by atoms with van der Waals surface area (Å²) in [5.74, 6) is 0.846. The molecule has 2 amide bonds. The lowest BCUT2D eigenvalue weighted by Gasteiger charge is -2.23. The molecule has 2 heterocycles. The van der Waals surface area contributed by atoms with Gasteiger partial charge in [-0.3, -0.25) is 14.4 Å². The molecule has 0 aliphatic carbocycles. The van der Waals surface area contributed by atoms with Crippen LogP contribution >= 0.6 is 27.7 Å². The van der Waals surface area contributed by atoms with Gasteiger partial charge in [0.25, 0.3) is 5.91 Å². The van der Waals surface area contributed by atoms with Gasteiger partial charge in [-0.2, -0.15) is 0 Å². The van der Waals surface area contributed by atoms with Crippen LogP contribution in [0.4, 0.5) is 0 Å². The van der Waals surface area contributed by atoms with Crippen LogP contribution in [0.1, 0.15) is 24.3 Å². The number of fused-ring (bicyclic) bond motifs is 1. The first-order chi connectivity index (χ1) is 12.4. The molecule has 1 aromatic carbocycles. The quantitative estimate of drug-likeness (QED) is 0.769. The molecule has 0 bridgehead atoms. The summed E-state index contributed by atoms with van der Waals surface area (Å²) in [5.41, 5.74) is 0.571. The summed E-state index contributed by atoms with van der Waals surface area (Å²) >= 11 is 4.87. The minimum absolute atomic E-state index is 0.149. The Kier molecular flexibility index (Phi) is 5.72. The normalized spacial score (nSPS) is 17.1. The summed E-state index contributed by atoms with van der Waals surface area (Å²) in [6, 6.07) is 6.07. The number of carbonyl (C=O) groups excluding carboxylic acids is 2. The summed E-state index contributed by atoms with van der Waals surface area (Å²) in [5, 5.41) is 3.40. The van der Waals surface area contributed by atoms with Gasteiger partial charge in [0.2, 0.25) is 5.91 Å². The molecule has 1 fully saturated rings. The van der Waals surface area contributed by atoms with Gasteiger partial charge in [-0.1, -0.05) is 29.8 Å². The van der Waals surface area contributed by atoms with Crippen LogP contribution in [0.5, 0.6) is 0 Å². The molecule has 1 aliphatic rings. The van der Waals surface area contributed by atoms with Gasteiger partial charge >= 0.3 is 0 Å². The van der Waals surface area contributed by atoms with E-state index < -0.39 is 6.04 Å². The van der Waals surface area contributed by atoms with Crippen LogP contribution in [0.2, 0.25) is 0 Å². The van der Waals surface area contributed by atoms with Gasteiger partial charge in [-0.25, -0.2) is 0 Å². The van der Waals surface area contributed by atoms with E-state index in [1.165, 1.54) is 22.7 Å². The van der Waals surface area contributed by atoms with Crippen LogP contribution in [0.15, 0.2) is 33.5 Å². The third-order valence-electron chi connectivity index (χ3n) is 4.15. The van der Waals surface area contributed by atoms with Crippen molar-refractivity contribution < 1.29 is 9.59 Å². The topological polar surface area (TPSA) is 82.3 Å². The molecule has 2 N–H and O–H groups in total. The van der Waals surface area contributed by atoms with Gasteiger partial charge in [0.05, 0.1) is 5.88 Å². The molecule has 0 spiro atoms. The number of nitrogens with zero attached hydrogens (tertiary/aromatic N) is 1. The highest BCUT2D eigenvalue weighted by Gasteiger charge is 2.35. The number of halogens is 1. The van der Waals surface area contributed by atoms with Gasteiger partial charge in [-0.05, 0) is 24.1 Å². The highest BCUT2D eigenvalue weighted by atomic mass is 79.9. The number of carbonyl (C=O) groups is 2. The molecule has 6 nitrogen and oxygen atoms in total. The minimum atomic E-state index is -0.518. The van der Waals surface area contributed by atoms with E-state index in [-0.39, 0.29) is 22.9 Å². The van der Waals surface area contributed by atoms with E-state index in [0.717, 1.165) is 4.47 Å². The molecule has 0 unspecified atom stereocenters. The standard InChI is InChI=1S/C18H20BrN3O3S/c1-10(2)7-20-17(24)15-8-26-9-22(15)18(25)14-6-16(23)12-5-11(19)3-4-13(12)21-14/h3-6,10,15H,7-9H2,1-2H3,(H,20,24)(H,21,23)/t15-/m1/s1. The Balaban J connectivity index is 1.86. The molecule has 1 atom stereocenters. The zero-order valence-electron chi connectivity index (χ0n) is 14.5. The molecule has 3 rings (SSSR count). The van der Waals surface area contributed by atoms with Crippen molar-refractivity contribution in [1.29, 1.82) is 0 Å². The second-order valence-corrected chi connectivity index (χ2v) is 8.58. The highest BCUT2D eigenvalue weighted by Crippen LogP contribution is 2.23. The lowest BCUT2D eigenvalue weighted by molar-refractivity contribution is -0.124. The second-order valence-electron chi connectivity index (χ2n) is 6.67. The Bertz CT molecular complexity index is 912. The summed E-state index contributed by atoms with van der Waals surface area (Å²) in [6.45, 7) is 4.61. The Morgan fingerprint density at radius 1 is 1.38 bits per heavy atom. The molecule has 0 saturated carbocycles. The van der Waals surface area contributed by atoms with Crippen LogP contribution in [-0.4, -0.2) is 45.9 Å². The number of nitrogens with one attached hydrogen (secondary N) is 2. The van der Waals surface area contributed by atoms with Crippen LogP contribution in [-0.2, 0) is 4.79 Å². The number of hydrogen-bond donors (Lipinski definition) is 2. The third kappa shape index (κ3) is 3.96. The van der Waals surface area contributed by atoms with E-state index in [2.05, 4.69) is 26.2 Å². The lowest BCUT2D eigenvalue weighted by atomic mass is 10.1. The molecule has 2 aromatic rings. The van der Waals surface area contributed by atoms with E-state index in [0.29, 0.717) is 35.0 Å². The van der Waals surface area contributed by atoms with Crippen molar-refractivity contribution in [3.8, 4) is 0 Å². The van der Waals surface area contributed by atoms with Gasteiger partial charge in [-0.15, -0.1) is 11.8 Å². The summed E-state index contributed by atoms with van der Waals surface area (Å²) in [6.07, 6.45) is 0. The third-order valence-corrected chi connectivity index (χ3v) is 5.66. The monoisotopic (exact) mass is 437 g/mol. The van der Waals surface area contributed by atoms with E-state index in [1.54, 1.807) is 18.2 Å². The van der Waals surface area contributed by atoms with Crippen molar-refractivity contribution in [2.75, 3.05) is 18.2 Å². The van der Waals surface area contributed by atoms with Crippen LogP contribution in [0, 0.1) is 5.92 Å². The van der Waals surface area contributed by atoms with Crippen LogP contribution in [0.3, 0.4) is 0 Å². The van der Waals surface area contributed by atoms with Gasteiger partial charge in [0.15, 0.2) is 5.43 Å². The van der Waals surface area contributed by atoms with Crippen molar-refractivity contribution in [2.45, 2.75) is 19.9 Å². The SMILES string of the molecule is CC(C)CNC(=O)[C@H]1CSCN1C(=O)c1cc(=O)c2cc(Br)ccc2[nH]1. The minimum Gasteiger partial charge on any atom is -0.354 e. The van der Waals surface area contributed by atoms with Crippen molar-refractivity contribution in [3.63, 3.8) is 0 Å². The average Bonchev–Trinajstić information content (AvgIpc) is 3.09. The fourth-order valence-electron chi connectivity index (χ4n) is 2.77. The fraction of sp³-hybridized carbons (Fsp3) is 0.389. The molecule has 1 saturated heterocycles. The first-order valence-electron chi connectivity index (χ1n) is 8.36. The smallest absolute Gasteiger partial charge is 0.271 e. The Hall–Kier alpha value is -1.80. The first kappa shape index (κ1) is 19.0. The molecule has 8 heteroatoms. The van der Waals surface area contributed by atoms with Gasteiger partial charge in [0.1, 0.15) is 11.7 Å².